The fourth-order valence-electron chi connectivity index (χ4n) is 2.82. The molecule has 0 aromatic heterocycles. The predicted octanol–water partition coefficient (Wildman–Crippen LogP) is 3.90. The van der Waals surface area contributed by atoms with E-state index in [2.05, 4.69) is 45.0 Å². The first kappa shape index (κ1) is 12.3. The van der Waals surface area contributed by atoms with Crippen molar-refractivity contribution in [1.29, 1.82) is 0 Å². The van der Waals surface area contributed by atoms with Crippen molar-refractivity contribution in [1.82, 2.24) is 0 Å². The number of hydrogen-bond acceptors (Lipinski definition) is 1. The number of carbonyl (C=O) groups excluding carboxylic acids is 1. The third-order valence-electron chi connectivity index (χ3n) is 3.81. The van der Waals surface area contributed by atoms with Crippen molar-refractivity contribution in [3.05, 3.63) is 35.4 Å². The molecule has 0 bridgehead atoms. The highest BCUT2D eigenvalue weighted by Crippen LogP contribution is 2.39. The van der Waals surface area contributed by atoms with Gasteiger partial charge in [0.05, 0.1) is 0 Å². The summed E-state index contributed by atoms with van der Waals surface area (Å²) in [5, 5.41) is 0. The van der Waals surface area contributed by atoms with Crippen molar-refractivity contribution in [2.24, 2.45) is 5.92 Å². The standard InChI is InChI=1S/C16H22O/c1-12(2)9-13-5-4-6-14(10-13)16(3)8-7-15(17)11-16/h4-6,10,12H,7-9,11H2,1-3H3. The average molecular weight is 230 g/mol. The molecule has 1 aromatic rings. The fourth-order valence-corrected chi connectivity index (χ4v) is 2.82. The Bertz CT molecular complexity index is 419. The van der Waals surface area contributed by atoms with Crippen LogP contribution in [0, 0.1) is 5.92 Å². The summed E-state index contributed by atoms with van der Waals surface area (Å²) in [6.07, 6.45) is 3.61. The lowest BCUT2D eigenvalue weighted by atomic mass is 9.80. The minimum absolute atomic E-state index is 0.0874. The summed E-state index contributed by atoms with van der Waals surface area (Å²) >= 11 is 0. The quantitative estimate of drug-likeness (QED) is 0.769. The zero-order chi connectivity index (χ0) is 12.5. The number of hydrogen-bond donors (Lipinski definition) is 0. The smallest absolute Gasteiger partial charge is 0.133 e. The van der Waals surface area contributed by atoms with Crippen molar-refractivity contribution in [2.45, 2.75) is 51.9 Å². The topological polar surface area (TPSA) is 17.1 Å². The van der Waals surface area contributed by atoms with E-state index in [-0.39, 0.29) is 5.41 Å². The van der Waals surface area contributed by atoms with Gasteiger partial charge in [-0.25, -0.2) is 0 Å². The Morgan fingerprint density at radius 2 is 2.12 bits per heavy atom. The van der Waals surface area contributed by atoms with Crippen LogP contribution >= 0.6 is 0 Å². The molecule has 0 aliphatic heterocycles. The van der Waals surface area contributed by atoms with Crippen LogP contribution in [0.25, 0.3) is 0 Å². The van der Waals surface area contributed by atoms with Crippen molar-refractivity contribution >= 4 is 5.78 Å². The maximum absolute atomic E-state index is 11.5. The molecule has 1 heteroatoms. The first-order valence-electron chi connectivity index (χ1n) is 6.61. The molecule has 0 spiro atoms. The van der Waals surface area contributed by atoms with Gasteiger partial charge in [0.1, 0.15) is 5.78 Å². The summed E-state index contributed by atoms with van der Waals surface area (Å²) in [6, 6.07) is 8.83. The highest BCUT2D eigenvalue weighted by Gasteiger charge is 2.35. The van der Waals surface area contributed by atoms with E-state index >= 15 is 0 Å². The Morgan fingerprint density at radius 3 is 2.71 bits per heavy atom. The maximum atomic E-state index is 11.5. The summed E-state index contributed by atoms with van der Waals surface area (Å²) in [4.78, 5) is 11.5. The molecular formula is C16H22O. The molecule has 1 aliphatic rings. The first-order chi connectivity index (χ1) is 7.99. The number of Topliss-reactive ketones (excluding diaryl/α,β-unsaturated/α-hetero) is 1. The largest absolute Gasteiger partial charge is 0.300 e. The van der Waals surface area contributed by atoms with Crippen molar-refractivity contribution in [3.63, 3.8) is 0 Å². The summed E-state index contributed by atoms with van der Waals surface area (Å²) in [6.45, 7) is 6.72. The minimum Gasteiger partial charge on any atom is -0.300 e. The van der Waals surface area contributed by atoms with Gasteiger partial charge >= 0.3 is 0 Å². The SMILES string of the molecule is CC(C)Cc1cccc(C2(C)CCC(=O)C2)c1. The van der Waals surface area contributed by atoms with Gasteiger partial charge in [0, 0.05) is 12.8 Å². The molecular weight excluding hydrogens is 208 g/mol. The highest BCUT2D eigenvalue weighted by atomic mass is 16.1. The van der Waals surface area contributed by atoms with Gasteiger partial charge in [-0.1, -0.05) is 45.0 Å². The van der Waals surface area contributed by atoms with Crippen molar-refractivity contribution < 1.29 is 4.79 Å². The van der Waals surface area contributed by atoms with E-state index in [0.29, 0.717) is 11.7 Å². The monoisotopic (exact) mass is 230 g/mol. The van der Waals surface area contributed by atoms with Gasteiger partial charge in [0.25, 0.3) is 0 Å². The van der Waals surface area contributed by atoms with E-state index in [9.17, 15) is 4.79 Å². The lowest BCUT2D eigenvalue weighted by Crippen LogP contribution is -2.18. The Balaban J connectivity index is 2.24. The number of carbonyl (C=O) groups is 1. The Labute approximate surface area is 104 Å². The van der Waals surface area contributed by atoms with Crippen LogP contribution in [0.4, 0.5) is 0 Å². The minimum atomic E-state index is 0.0874. The van der Waals surface area contributed by atoms with E-state index in [1.54, 1.807) is 0 Å². The van der Waals surface area contributed by atoms with Crippen LogP contribution in [-0.4, -0.2) is 5.78 Å². The second kappa shape index (κ2) is 4.64. The molecule has 0 saturated heterocycles. The zero-order valence-electron chi connectivity index (χ0n) is 11.1. The molecule has 1 unspecified atom stereocenters. The first-order valence-corrected chi connectivity index (χ1v) is 6.61. The molecule has 17 heavy (non-hydrogen) atoms. The van der Waals surface area contributed by atoms with E-state index in [4.69, 9.17) is 0 Å². The Morgan fingerprint density at radius 1 is 1.35 bits per heavy atom. The van der Waals surface area contributed by atoms with E-state index in [0.717, 1.165) is 25.7 Å². The van der Waals surface area contributed by atoms with Crippen LogP contribution in [-0.2, 0) is 16.6 Å². The van der Waals surface area contributed by atoms with Gasteiger partial charge in [0.2, 0.25) is 0 Å². The third kappa shape index (κ3) is 2.77. The molecule has 92 valence electrons. The molecule has 1 aromatic carbocycles. The second-order valence-corrected chi connectivity index (χ2v) is 6.07. The molecule has 2 rings (SSSR count). The zero-order valence-corrected chi connectivity index (χ0v) is 11.1. The van der Waals surface area contributed by atoms with Gasteiger partial charge in [-0.3, -0.25) is 4.79 Å². The number of ketones is 1. The molecule has 1 fully saturated rings. The second-order valence-electron chi connectivity index (χ2n) is 6.07. The molecule has 0 heterocycles. The van der Waals surface area contributed by atoms with Crippen LogP contribution in [0.3, 0.4) is 0 Å². The Kier molecular flexibility index (Phi) is 3.37. The average Bonchev–Trinajstić information content (AvgIpc) is 2.59. The maximum Gasteiger partial charge on any atom is 0.133 e. The van der Waals surface area contributed by atoms with Gasteiger partial charge in [-0.05, 0) is 35.3 Å². The summed E-state index contributed by atoms with van der Waals surface area (Å²) in [5.41, 5.74) is 2.84. The van der Waals surface area contributed by atoms with Gasteiger partial charge in [0.15, 0.2) is 0 Å². The van der Waals surface area contributed by atoms with E-state index < -0.39 is 0 Å². The van der Waals surface area contributed by atoms with Crippen LogP contribution in [0.1, 0.15) is 51.2 Å². The molecule has 0 N–H and O–H groups in total. The summed E-state index contributed by atoms with van der Waals surface area (Å²) in [5.74, 6) is 1.10. The summed E-state index contributed by atoms with van der Waals surface area (Å²) in [7, 11) is 0. The number of benzene rings is 1. The number of rotatable bonds is 3. The van der Waals surface area contributed by atoms with E-state index in [1.165, 1.54) is 11.1 Å². The Hall–Kier alpha value is -1.11. The molecule has 0 amide bonds. The third-order valence-corrected chi connectivity index (χ3v) is 3.81. The van der Waals surface area contributed by atoms with Gasteiger partial charge < -0.3 is 0 Å². The normalized spacial score (nSPS) is 24.6. The van der Waals surface area contributed by atoms with Gasteiger partial charge in [-0.2, -0.15) is 0 Å². The summed E-state index contributed by atoms with van der Waals surface area (Å²) < 4.78 is 0. The fraction of sp³-hybridized carbons (Fsp3) is 0.562. The predicted molar refractivity (Wildman–Crippen MR) is 71.2 cm³/mol. The molecule has 1 saturated carbocycles. The van der Waals surface area contributed by atoms with Crippen LogP contribution < -0.4 is 0 Å². The van der Waals surface area contributed by atoms with Crippen molar-refractivity contribution in [3.8, 4) is 0 Å². The van der Waals surface area contributed by atoms with Crippen LogP contribution in [0.15, 0.2) is 24.3 Å². The molecule has 0 radical (unpaired) electrons. The van der Waals surface area contributed by atoms with E-state index in [1.807, 2.05) is 0 Å². The molecule has 1 nitrogen and oxygen atoms in total. The van der Waals surface area contributed by atoms with Crippen LogP contribution in [0.5, 0.6) is 0 Å². The van der Waals surface area contributed by atoms with Crippen LogP contribution in [0.2, 0.25) is 0 Å². The lowest BCUT2D eigenvalue weighted by Gasteiger charge is -2.24. The lowest BCUT2D eigenvalue weighted by molar-refractivity contribution is -0.117. The van der Waals surface area contributed by atoms with Crippen molar-refractivity contribution in [2.75, 3.05) is 0 Å². The van der Waals surface area contributed by atoms with Gasteiger partial charge in [-0.15, -0.1) is 0 Å². The molecule has 1 atom stereocenters. The highest BCUT2D eigenvalue weighted by molar-refractivity contribution is 5.82. The molecule has 1 aliphatic carbocycles.